The summed E-state index contributed by atoms with van der Waals surface area (Å²) in [5.41, 5.74) is -0.230. The van der Waals surface area contributed by atoms with Crippen molar-refractivity contribution in [3.05, 3.63) is 42.5 Å². The Labute approximate surface area is 101 Å². The van der Waals surface area contributed by atoms with Gasteiger partial charge in [0.25, 0.3) is 0 Å². The van der Waals surface area contributed by atoms with Gasteiger partial charge in [0.2, 0.25) is 0 Å². The molecule has 16 heavy (non-hydrogen) atoms. The summed E-state index contributed by atoms with van der Waals surface area (Å²) in [6, 6.07) is 14.3. The first-order chi connectivity index (χ1) is 7.79. The fourth-order valence-electron chi connectivity index (χ4n) is 1.67. The summed E-state index contributed by atoms with van der Waals surface area (Å²) in [5.74, 6) is 0.840. The summed E-state index contributed by atoms with van der Waals surface area (Å²) in [5, 5.41) is 2.40. The highest BCUT2D eigenvalue weighted by Gasteiger charge is 2.04. The van der Waals surface area contributed by atoms with Crippen LogP contribution in [-0.2, 0) is 0 Å². The molecule has 0 saturated carbocycles. The Bertz CT molecular complexity index is 467. The maximum atomic E-state index is 6.04. The van der Waals surface area contributed by atoms with Gasteiger partial charge in [0.15, 0.2) is 5.56 Å². The SMILES string of the molecule is CCCC(Cl)Oc1ccc2ccccc2c1. The molecule has 2 rings (SSSR count). The number of alkyl halides is 1. The van der Waals surface area contributed by atoms with Crippen LogP contribution in [0.25, 0.3) is 10.8 Å². The monoisotopic (exact) mass is 234 g/mol. The Kier molecular flexibility index (Phi) is 3.68. The van der Waals surface area contributed by atoms with E-state index in [-0.39, 0.29) is 5.56 Å². The minimum Gasteiger partial charge on any atom is -0.475 e. The quantitative estimate of drug-likeness (QED) is 0.704. The van der Waals surface area contributed by atoms with Gasteiger partial charge in [-0.2, -0.15) is 0 Å². The van der Waals surface area contributed by atoms with Crippen LogP contribution in [0.4, 0.5) is 0 Å². The predicted octanol–water partition coefficient (Wildman–Crippen LogP) is 4.58. The summed E-state index contributed by atoms with van der Waals surface area (Å²) in [6.45, 7) is 2.10. The van der Waals surface area contributed by atoms with Crippen LogP contribution in [0.2, 0.25) is 0 Å². The van der Waals surface area contributed by atoms with Gasteiger partial charge in [0.1, 0.15) is 5.75 Å². The van der Waals surface area contributed by atoms with Crippen molar-refractivity contribution in [1.82, 2.24) is 0 Å². The molecule has 0 bridgehead atoms. The van der Waals surface area contributed by atoms with E-state index >= 15 is 0 Å². The number of benzene rings is 2. The molecule has 2 heteroatoms. The molecule has 0 N–H and O–H groups in total. The van der Waals surface area contributed by atoms with Gasteiger partial charge in [-0.1, -0.05) is 55.3 Å². The molecule has 0 heterocycles. The Morgan fingerprint density at radius 3 is 2.62 bits per heavy atom. The Morgan fingerprint density at radius 2 is 1.88 bits per heavy atom. The maximum Gasteiger partial charge on any atom is 0.172 e. The lowest BCUT2D eigenvalue weighted by atomic mass is 10.1. The van der Waals surface area contributed by atoms with Crippen molar-refractivity contribution in [2.24, 2.45) is 0 Å². The van der Waals surface area contributed by atoms with Gasteiger partial charge in [-0.15, -0.1) is 0 Å². The lowest BCUT2D eigenvalue weighted by molar-refractivity contribution is 0.269. The lowest BCUT2D eigenvalue weighted by Crippen LogP contribution is -2.07. The second-order valence-electron chi connectivity index (χ2n) is 3.83. The van der Waals surface area contributed by atoms with Crippen molar-refractivity contribution >= 4 is 22.4 Å². The first kappa shape index (κ1) is 11.3. The molecule has 0 aliphatic carbocycles. The zero-order chi connectivity index (χ0) is 11.4. The van der Waals surface area contributed by atoms with Gasteiger partial charge in [-0.25, -0.2) is 0 Å². The van der Waals surface area contributed by atoms with Gasteiger partial charge < -0.3 is 4.74 Å². The van der Waals surface area contributed by atoms with Gasteiger partial charge in [-0.05, 0) is 29.3 Å². The number of rotatable bonds is 4. The van der Waals surface area contributed by atoms with Crippen LogP contribution < -0.4 is 4.74 Å². The summed E-state index contributed by atoms with van der Waals surface area (Å²) < 4.78 is 5.63. The third kappa shape index (κ3) is 2.67. The molecular weight excluding hydrogens is 220 g/mol. The van der Waals surface area contributed by atoms with Crippen LogP contribution in [0.3, 0.4) is 0 Å². The molecule has 84 valence electrons. The minimum atomic E-state index is -0.230. The molecular formula is C14H15ClO. The summed E-state index contributed by atoms with van der Waals surface area (Å²) in [4.78, 5) is 0. The summed E-state index contributed by atoms with van der Waals surface area (Å²) >= 11 is 6.04. The van der Waals surface area contributed by atoms with E-state index in [0.717, 1.165) is 18.6 Å². The highest BCUT2D eigenvalue weighted by molar-refractivity contribution is 6.19. The lowest BCUT2D eigenvalue weighted by Gasteiger charge is -2.12. The number of halogens is 1. The molecule has 0 radical (unpaired) electrons. The first-order valence-corrected chi connectivity index (χ1v) is 6.03. The van der Waals surface area contributed by atoms with Crippen molar-refractivity contribution in [3.63, 3.8) is 0 Å². The summed E-state index contributed by atoms with van der Waals surface area (Å²) in [6.07, 6.45) is 1.90. The van der Waals surface area contributed by atoms with Crippen molar-refractivity contribution in [3.8, 4) is 5.75 Å². The van der Waals surface area contributed by atoms with E-state index in [2.05, 4.69) is 25.1 Å². The second kappa shape index (κ2) is 5.22. The molecule has 0 aromatic heterocycles. The van der Waals surface area contributed by atoms with Crippen LogP contribution in [-0.4, -0.2) is 5.56 Å². The predicted molar refractivity (Wildman–Crippen MR) is 69.1 cm³/mol. The molecule has 1 atom stereocenters. The van der Waals surface area contributed by atoms with E-state index in [4.69, 9.17) is 16.3 Å². The molecule has 0 amide bonds. The summed E-state index contributed by atoms with van der Waals surface area (Å²) in [7, 11) is 0. The highest BCUT2D eigenvalue weighted by atomic mass is 35.5. The van der Waals surface area contributed by atoms with Crippen LogP contribution in [0, 0.1) is 0 Å². The standard InChI is InChI=1S/C14H15ClO/c1-2-5-14(15)16-13-9-8-11-6-3-4-7-12(11)10-13/h3-4,6-10,14H,2,5H2,1H3. The van der Waals surface area contributed by atoms with Gasteiger partial charge >= 0.3 is 0 Å². The normalized spacial score (nSPS) is 12.6. The first-order valence-electron chi connectivity index (χ1n) is 5.59. The molecule has 0 aliphatic heterocycles. The third-order valence-electron chi connectivity index (χ3n) is 2.50. The van der Waals surface area contributed by atoms with Gasteiger partial charge in [-0.3, -0.25) is 0 Å². The maximum absolute atomic E-state index is 6.04. The molecule has 0 fully saturated rings. The van der Waals surface area contributed by atoms with Crippen LogP contribution >= 0.6 is 11.6 Å². The second-order valence-corrected chi connectivity index (χ2v) is 4.31. The van der Waals surface area contributed by atoms with Crippen molar-refractivity contribution in [1.29, 1.82) is 0 Å². The van der Waals surface area contributed by atoms with Crippen molar-refractivity contribution in [2.75, 3.05) is 0 Å². The Hall–Kier alpha value is -1.21. The minimum absolute atomic E-state index is 0.230. The number of hydrogen-bond donors (Lipinski definition) is 0. The Morgan fingerprint density at radius 1 is 1.12 bits per heavy atom. The third-order valence-corrected chi connectivity index (χ3v) is 2.81. The molecule has 2 aromatic carbocycles. The van der Waals surface area contributed by atoms with Crippen molar-refractivity contribution in [2.45, 2.75) is 25.3 Å². The topological polar surface area (TPSA) is 9.23 Å². The smallest absolute Gasteiger partial charge is 0.172 e. The average molecular weight is 235 g/mol. The fraction of sp³-hybridized carbons (Fsp3) is 0.286. The van der Waals surface area contributed by atoms with E-state index in [9.17, 15) is 0 Å². The number of fused-ring (bicyclic) bond motifs is 1. The molecule has 1 unspecified atom stereocenters. The van der Waals surface area contributed by atoms with Crippen LogP contribution in [0.5, 0.6) is 5.75 Å². The fourth-order valence-corrected chi connectivity index (χ4v) is 2.00. The van der Waals surface area contributed by atoms with Crippen LogP contribution in [0.15, 0.2) is 42.5 Å². The zero-order valence-electron chi connectivity index (χ0n) is 9.32. The largest absolute Gasteiger partial charge is 0.475 e. The van der Waals surface area contributed by atoms with E-state index in [1.165, 1.54) is 10.8 Å². The van der Waals surface area contributed by atoms with E-state index in [1.54, 1.807) is 0 Å². The molecule has 2 aromatic rings. The van der Waals surface area contributed by atoms with Crippen LogP contribution in [0.1, 0.15) is 19.8 Å². The number of ether oxygens (including phenoxy) is 1. The zero-order valence-corrected chi connectivity index (χ0v) is 10.1. The highest BCUT2D eigenvalue weighted by Crippen LogP contribution is 2.22. The van der Waals surface area contributed by atoms with Crippen molar-refractivity contribution < 1.29 is 4.74 Å². The van der Waals surface area contributed by atoms with E-state index < -0.39 is 0 Å². The molecule has 0 saturated heterocycles. The Balaban J connectivity index is 2.19. The van der Waals surface area contributed by atoms with Gasteiger partial charge in [0, 0.05) is 0 Å². The number of hydrogen-bond acceptors (Lipinski definition) is 1. The van der Waals surface area contributed by atoms with E-state index in [1.807, 2.05) is 24.3 Å². The molecule has 1 nitrogen and oxygen atoms in total. The molecule has 0 aliphatic rings. The molecule has 0 spiro atoms. The van der Waals surface area contributed by atoms with E-state index in [0.29, 0.717) is 0 Å². The van der Waals surface area contributed by atoms with Gasteiger partial charge in [0.05, 0.1) is 0 Å². The average Bonchev–Trinajstić information content (AvgIpc) is 2.29.